The van der Waals surface area contributed by atoms with Crippen LogP contribution in [0, 0.1) is 6.92 Å². The summed E-state index contributed by atoms with van der Waals surface area (Å²) in [5.74, 6) is 1.10. The third kappa shape index (κ3) is 2.97. The molecule has 0 saturated carbocycles. The Morgan fingerprint density at radius 3 is 2.88 bits per heavy atom. The van der Waals surface area contributed by atoms with Gasteiger partial charge in [0.05, 0.1) is 17.4 Å². The molecule has 2 aromatic heterocycles. The van der Waals surface area contributed by atoms with E-state index in [1.165, 1.54) is 11.3 Å². The zero-order valence-corrected chi connectivity index (χ0v) is 15.2. The molecule has 7 nitrogen and oxygen atoms in total. The number of rotatable bonds is 4. The first-order valence-electron chi connectivity index (χ1n) is 7.91. The predicted octanol–water partition coefficient (Wildman–Crippen LogP) is 1.59. The van der Waals surface area contributed by atoms with Crippen molar-refractivity contribution in [2.24, 2.45) is 0 Å². The fourth-order valence-electron chi connectivity index (χ4n) is 2.96. The highest BCUT2D eigenvalue weighted by molar-refractivity contribution is 7.20. The van der Waals surface area contributed by atoms with E-state index in [2.05, 4.69) is 22.2 Å². The fraction of sp³-hybridized carbons (Fsp3) is 0.562. The zero-order valence-electron chi connectivity index (χ0n) is 14.4. The minimum atomic E-state index is 0.0554. The second-order valence-electron chi connectivity index (χ2n) is 5.87. The number of aryl methyl sites for hydroxylation is 1. The van der Waals surface area contributed by atoms with Crippen molar-refractivity contribution in [1.82, 2.24) is 20.2 Å². The highest BCUT2D eigenvalue weighted by Gasteiger charge is 2.28. The van der Waals surface area contributed by atoms with Crippen LogP contribution >= 0.6 is 11.3 Å². The molecule has 1 aliphatic heterocycles. The standard InChI is InChI=1S/C16H22N4O3S/c1-9-7-17-5-6-20(9)16(21)13-10(2)12-14(23-4)18-11(8-22-3)19-15(12)24-13/h9,17H,5-8H2,1-4H3/t9-/m1/s1. The molecule has 0 aliphatic carbocycles. The van der Waals surface area contributed by atoms with Crippen molar-refractivity contribution in [3.8, 4) is 5.88 Å². The number of amides is 1. The molecule has 8 heteroatoms. The van der Waals surface area contributed by atoms with E-state index in [0.29, 0.717) is 29.7 Å². The maximum Gasteiger partial charge on any atom is 0.264 e. The van der Waals surface area contributed by atoms with E-state index in [1.54, 1.807) is 14.2 Å². The summed E-state index contributed by atoms with van der Waals surface area (Å²) in [7, 11) is 3.18. The highest BCUT2D eigenvalue weighted by Crippen LogP contribution is 2.36. The number of fused-ring (bicyclic) bond motifs is 1. The Morgan fingerprint density at radius 1 is 1.42 bits per heavy atom. The molecule has 0 radical (unpaired) electrons. The van der Waals surface area contributed by atoms with Gasteiger partial charge in [0.25, 0.3) is 5.91 Å². The van der Waals surface area contributed by atoms with Crippen LogP contribution in [-0.4, -0.2) is 60.7 Å². The summed E-state index contributed by atoms with van der Waals surface area (Å²) >= 11 is 1.40. The molecule has 1 atom stereocenters. The van der Waals surface area contributed by atoms with E-state index < -0.39 is 0 Å². The first-order valence-corrected chi connectivity index (χ1v) is 8.73. The van der Waals surface area contributed by atoms with Gasteiger partial charge in [-0.15, -0.1) is 11.3 Å². The Kier molecular flexibility index (Phi) is 4.98. The SMILES string of the molecule is COCc1nc(OC)c2c(C)c(C(=O)N3CCNC[C@H]3C)sc2n1. The Bertz CT molecular complexity index is 761. The van der Waals surface area contributed by atoms with Crippen molar-refractivity contribution in [3.63, 3.8) is 0 Å². The molecule has 1 saturated heterocycles. The number of carbonyl (C=O) groups is 1. The van der Waals surface area contributed by atoms with E-state index in [0.717, 1.165) is 28.9 Å². The molecule has 130 valence electrons. The highest BCUT2D eigenvalue weighted by atomic mass is 32.1. The number of hydrogen-bond acceptors (Lipinski definition) is 7. The summed E-state index contributed by atoms with van der Waals surface area (Å²) in [6.45, 7) is 6.65. The number of aromatic nitrogens is 2. The molecule has 0 spiro atoms. The Hall–Kier alpha value is -1.77. The minimum absolute atomic E-state index is 0.0554. The smallest absolute Gasteiger partial charge is 0.264 e. The van der Waals surface area contributed by atoms with Gasteiger partial charge in [0.1, 0.15) is 11.4 Å². The average Bonchev–Trinajstić information content (AvgIpc) is 2.91. The van der Waals surface area contributed by atoms with Crippen LogP contribution in [0.3, 0.4) is 0 Å². The monoisotopic (exact) mass is 350 g/mol. The molecule has 1 N–H and O–H groups in total. The van der Waals surface area contributed by atoms with Crippen molar-refractivity contribution in [1.29, 1.82) is 0 Å². The molecule has 24 heavy (non-hydrogen) atoms. The minimum Gasteiger partial charge on any atom is -0.480 e. The van der Waals surface area contributed by atoms with Gasteiger partial charge in [-0.2, -0.15) is 4.98 Å². The number of nitrogens with one attached hydrogen (secondary N) is 1. The van der Waals surface area contributed by atoms with Gasteiger partial charge in [0.2, 0.25) is 5.88 Å². The summed E-state index contributed by atoms with van der Waals surface area (Å²) in [5, 5.41) is 4.12. The van der Waals surface area contributed by atoms with Gasteiger partial charge < -0.3 is 19.7 Å². The van der Waals surface area contributed by atoms with E-state index in [-0.39, 0.29) is 11.9 Å². The molecular formula is C16H22N4O3S. The van der Waals surface area contributed by atoms with Crippen LogP contribution in [0.5, 0.6) is 5.88 Å². The van der Waals surface area contributed by atoms with Gasteiger partial charge in [0.15, 0.2) is 5.82 Å². The van der Waals surface area contributed by atoms with Gasteiger partial charge in [-0.05, 0) is 19.4 Å². The van der Waals surface area contributed by atoms with Crippen LogP contribution in [0.2, 0.25) is 0 Å². The van der Waals surface area contributed by atoms with E-state index in [1.807, 2.05) is 11.8 Å². The fourth-order valence-corrected chi connectivity index (χ4v) is 4.11. The van der Waals surface area contributed by atoms with Gasteiger partial charge in [-0.25, -0.2) is 4.98 Å². The van der Waals surface area contributed by atoms with Crippen molar-refractivity contribution in [2.45, 2.75) is 26.5 Å². The molecule has 2 aromatic rings. The summed E-state index contributed by atoms with van der Waals surface area (Å²) < 4.78 is 10.5. The number of piperazine rings is 1. The molecule has 3 rings (SSSR count). The van der Waals surface area contributed by atoms with Crippen molar-refractivity contribution >= 4 is 27.5 Å². The quantitative estimate of drug-likeness (QED) is 0.902. The lowest BCUT2D eigenvalue weighted by molar-refractivity contribution is 0.0660. The van der Waals surface area contributed by atoms with Crippen molar-refractivity contribution in [3.05, 3.63) is 16.3 Å². The lowest BCUT2D eigenvalue weighted by Crippen LogP contribution is -2.52. The van der Waals surface area contributed by atoms with Gasteiger partial charge in [-0.1, -0.05) is 0 Å². The van der Waals surface area contributed by atoms with Crippen molar-refractivity contribution in [2.75, 3.05) is 33.9 Å². The number of methoxy groups -OCH3 is 2. The van der Waals surface area contributed by atoms with Gasteiger partial charge in [-0.3, -0.25) is 4.79 Å². The normalized spacial score (nSPS) is 18.2. The van der Waals surface area contributed by atoms with Crippen LogP contribution in [0.1, 0.15) is 28.0 Å². The van der Waals surface area contributed by atoms with E-state index >= 15 is 0 Å². The third-order valence-corrected chi connectivity index (χ3v) is 5.40. The van der Waals surface area contributed by atoms with Crippen LogP contribution in [0.15, 0.2) is 0 Å². The molecule has 0 unspecified atom stereocenters. The number of thiophene rings is 1. The van der Waals surface area contributed by atoms with Crippen LogP contribution in [0.4, 0.5) is 0 Å². The maximum atomic E-state index is 13.0. The van der Waals surface area contributed by atoms with E-state index in [9.17, 15) is 4.79 Å². The van der Waals surface area contributed by atoms with Crippen LogP contribution in [-0.2, 0) is 11.3 Å². The molecule has 0 bridgehead atoms. The Morgan fingerprint density at radius 2 is 2.21 bits per heavy atom. The summed E-state index contributed by atoms with van der Waals surface area (Å²) in [4.78, 5) is 25.3. The molecule has 3 heterocycles. The number of hydrogen-bond donors (Lipinski definition) is 1. The first-order chi connectivity index (χ1) is 11.6. The Balaban J connectivity index is 2.05. The average molecular weight is 350 g/mol. The number of nitrogens with zero attached hydrogens (tertiary/aromatic N) is 3. The topological polar surface area (TPSA) is 76.6 Å². The summed E-state index contributed by atoms with van der Waals surface area (Å²) in [6, 6.07) is 0.174. The second kappa shape index (κ2) is 7.00. The second-order valence-corrected chi connectivity index (χ2v) is 6.87. The zero-order chi connectivity index (χ0) is 17.3. The predicted molar refractivity (Wildman–Crippen MR) is 92.8 cm³/mol. The maximum absolute atomic E-state index is 13.0. The number of carbonyl (C=O) groups excluding carboxylic acids is 1. The molecule has 0 aromatic carbocycles. The first kappa shape index (κ1) is 17.1. The largest absolute Gasteiger partial charge is 0.480 e. The Labute approximate surface area is 145 Å². The van der Waals surface area contributed by atoms with Gasteiger partial charge in [0, 0.05) is 32.8 Å². The summed E-state index contributed by atoms with van der Waals surface area (Å²) in [5.41, 5.74) is 0.881. The third-order valence-electron chi connectivity index (χ3n) is 4.23. The molecule has 1 aliphatic rings. The van der Waals surface area contributed by atoms with Crippen LogP contribution in [0.25, 0.3) is 10.2 Å². The lowest BCUT2D eigenvalue weighted by Gasteiger charge is -2.33. The lowest BCUT2D eigenvalue weighted by atomic mass is 10.1. The van der Waals surface area contributed by atoms with Gasteiger partial charge >= 0.3 is 0 Å². The molecule has 1 fully saturated rings. The van der Waals surface area contributed by atoms with E-state index in [4.69, 9.17) is 9.47 Å². The molecular weight excluding hydrogens is 328 g/mol. The summed E-state index contributed by atoms with van der Waals surface area (Å²) in [6.07, 6.45) is 0. The number of ether oxygens (including phenoxy) is 2. The van der Waals surface area contributed by atoms with Crippen LogP contribution < -0.4 is 10.1 Å². The van der Waals surface area contributed by atoms with Crippen molar-refractivity contribution < 1.29 is 14.3 Å². The molecule has 1 amide bonds.